The zero-order chi connectivity index (χ0) is 27.1. The first-order valence-corrected chi connectivity index (χ1v) is 13.4. The molecule has 2 saturated carbocycles. The van der Waals surface area contributed by atoms with Gasteiger partial charge in [-0.15, -0.1) is 23.2 Å². The van der Waals surface area contributed by atoms with E-state index in [0.29, 0.717) is 0 Å². The molecule has 2 aromatic rings. The summed E-state index contributed by atoms with van der Waals surface area (Å²) in [4.78, 5) is 26.1. The number of halogens is 2. The minimum absolute atomic E-state index is 0.0144. The minimum atomic E-state index is -1.16. The first-order chi connectivity index (χ1) is 18.2. The van der Waals surface area contributed by atoms with Gasteiger partial charge < -0.3 is 14.2 Å². The lowest BCUT2D eigenvalue weighted by atomic mass is 9.77. The second kappa shape index (κ2) is 10.3. The van der Waals surface area contributed by atoms with Gasteiger partial charge in [0.1, 0.15) is 21.2 Å². The van der Waals surface area contributed by atoms with Crippen molar-refractivity contribution in [1.29, 1.82) is 0 Å². The minimum Gasteiger partial charge on any atom is -0.497 e. The molecule has 0 aromatic heterocycles. The van der Waals surface area contributed by atoms with E-state index in [4.69, 9.17) is 42.5 Å². The summed E-state index contributed by atoms with van der Waals surface area (Å²) < 4.78 is 14.8. The lowest BCUT2D eigenvalue weighted by molar-refractivity contribution is -0.157. The number of amides is 1. The van der Waals surface area contributed by atoms with E-state index in [1.165, 1.54) is 5.01 Å². The lowest BCUT2D eigenvalue weighted by Gasteiger charge is -2.29. The van der Waals surface area contributed by atoms with E-state index < -0.39 is 28.2 Å². The normalized spacial score (nSPS) is 26.4. The van der Waals surface area contributed by atoms with Crippen LogP contribution in [0.25, 0.3) is 6.08 Å². The average Bonchev–Trinajstić information content (AvgIpc) is 3.25. The van der Waals surface area contributed by atoms with Crippen LogP contribution < -0.4 is 9.47 Å². The molecule has 1 aliphatic heterocycles. The summed E-state index contributed by atoms with van der Waals surface area (Å²) in [6.07, 6.45) is 5.13. The van der Waals surface area contributed by atoms with Crippen LogP contribution in [0.4, 0.5) is 0 Å². The van der Waals surface area contributed by atoms with Gasteiger partial charge in [-0.1, -0.05) is 24.3 Å². The number of alkyl halides is 2. The molecule has 1 amide bonds. The molecule has 7 nitrogen and oxygen atoms in total. The molecule has 0 spiro atoms. The Kier molecular flexibility index (Phi) is 7.18. The van der Waals surface area contributed by atoms with Crippen molar-refractivity contribution < 1.29 is 23.8 Å². The number of methoxy groups -OCH3 is 2. The van der Waals surface area contributed by atoms with E-state index in [0.717, 1.165) is 53.2 Å². The third-order valence-electron chi connectivity index (χ3n) is 7.71. The molecule has 200 valence electrons. The number of nitrogens with zero attached hydrogens (tertiary/aromatic N) is 2. The summed E-state index contributed by atoms with van der Waals surface area (Å²) in [7, 11) is 3.26. The fourth-order valence-corrected chi connectivity index (χ4v) is 5.91. The maximum Gasteiger partial charge on any atom is 0.315 e. The lowest BCUT2D eigenvalue weighted by Crippen LogP contribution is -2.35. The van der Waals surface area contributed by atoms with Crippen LogP contribution in [0.1, 0.15) is 49.8 Å². The molecule has 0 saturated heterocycles. The largest absolute Gasteiger partial charge is 0.497 e. The molecule has 0 N–H and O–H groups in total. The van der Waals surface area contributed by atoms with Gasteiger partial charge in [0.2, 0.25) is 0 Å². The van der Waals surface area contributed by atoms with E-state index in [2.05, 4.69) is 6.08 Å². The van der Waals surface area contributed by atoms with E-state index >= 15 is 0 Å². The van der Waals surface area contributed by atoms with Crippen molar-refractivity contribution in [3.05, 3.63) is 65.2 Å². The van der Waals surface area contributed by atoms with Crippen molar-refractivity contribution >= 4 is 46.9 Å². The Balaban J connectivity index is 1.43. The number of benzene rings is 2. The molecule has 38 heavy (non-hydrogen) atoms. The van der Waals surface area contributed by atoms with Crippen LogP contribution >= 0.6 is 23.2 Å². The summed E-state index contributed by atoms with van der Waals surface area (Å²) >= 11 is 12.2. The molecule has 1 heterocycles. The Morgan fingerprint density at radius 3 is 2.24 bits per heavy atom. The standard InChI is InChI=1S/C29H30Cl2N2O5/c1-28(17-29(28,30)31)27(35)38-16-24(34)33-26(19-9-13-22(37-3)14-10-19)23-6-4-5-20(25(23)32-33)15-18-7-11-21(36-2)12-8-18/h7-15,23,26H,4-6,16-17H2,1-3H3. The summed E-state index contributed by atoms with van der Waals surface area (Å²) in [5, 5.41) is 6.32. The molecule has 0 bridgehead atoms. The van der Waals surface area contributed by atoms with Crippen LogP contribution in [-0.4, -0.2) is 47.8 Å². The Hall–Kier alpha value is -3.03. The van der Waals surface area contributed by atoms with Crippen LogP contribution in [0.15, 0.2) is 59.2 Å². The Morgan fingerprint density at radius 1 is 1.05 bits per heavy atom. The van der Waals surface area contributed by atoms with Crippen molar-refractivity contribution in [3.8, 4) is 11.5 Å². The maximum atomic E-state index is 13.5. The molecular weight excluding hydrogens is 527 g/mol. The quantitative estimate of drug-likeness (QED) is 0.311. The van der Waals surface area contributed by atoms with Gasteiger partial charge in [0.15, 0.2) is 6.61 Å². The van der Waals surface area contributed by atoms with Gasteiger partial charge in [-0.05, 0) is 73.2 Å². The molecule has 5 rings (SSSR count). The van der Waals surface area contributed by atoms with Gasteiger partial charge >= 0.3 is 5.97 Å². The molecule has 3 unspecified atom stereocenters. The third-order valence-corrected chi connectivity index (χ3v) is 8.81. The number of carbonyl (C=O) groups is 2. The first-order valence-electron chi connectivity index (χ1n) is 12.6. The zero-order valence-corrected chi connectivity index (χ0v) is 23.1. The highest BCUT2D eigenvalue weighted by Crippen LogP contribution is 2.64. The second-order valence-electron chi connectivity index (χ2n) is 10.2. The third kappa shape index (κ3) is 4.90. The van der Waals surface area contributed by atoms with E-state index in [1.807, 2.05) is 48.5 Å². The molecule has 2 aliphatic carbocycles. The zero-order valence-electron chi connectivity index (χ0n) is 21.6. The van der Waals surface area contributed by atoms with Gasteiger partial charge in [0.05, 0.1) is 26.0 Å². The van der Waals surface area contributed by atoms with Gasteiger partial charge in [-0.2, -0.15) is 5.10 Å². The summed E-state index contributed by atoms with van der Waals surface area (Å²) in [6, 6.07) is 15.2. The summed E-state index contributed by atoms with van der Waals surface area (Å²) in [5.41, 5.74) is 2.95. The number of rotatable bonds is 7. The molecule has 3 atom stereocenters. The highest BCUT2D eigenvalue weighted by atomic mass is 35.5. The number of hydrogen-bond donors (Lipinski definition) is 0. The number of fused-ring (bicyclic) bond motifs is 1. The highest BCUT2D eigenvalue weighted by Gasteiger charge is 2.69. The van der Waals surface area contributed by atoms with Crippen molar-refractivity contribution in [2.24, 2.45) is 16.4 Å². The average molecular weight is 557 g/mol. The second-order valence-corrected chi connectivity index (χ2v) is 11.7. The maximum absolute atomic E-state index is 13.5. The van der Waals surface area contributed by atoms with Gasteiger partial charge in [-0.25, -0.2) is 5.01 Å². The number of carbonyl (C=O) groups excluding carboxylic acids is 2. The van der Waals surface area contributed by atoms with Crippen molar-refractivity contribution in [1.82, 2.24) is 5.01 Å². The van der Waals surface area contributed by atoms with Crippen LogP contribution in [0.3, 0.4) is 0 Å². The number of allylic oxidation sites excluding steroid dienone is 1. The smallest absolute Gasteiger partial charge is 0.315 e. The SMILES string of the molecule is COc1ccc(C=C2CCCC3C2=NN(C(=O)COC(=O)C2(C)CC2(Cl)Cl)C3c2ccc(OC)cc2)cc1. The number of hydrazone groups is 1. The first kappa shape index (κ1) is 26.6. The molecule has 2 fully saturated rings. The monoisotopic (exact) mass is 556 g/mol. The van der Waals surface area contributed by atoms with Crippen LogP contribution in [-0.2, 0) is 14.3 Å². The topological polar surface area (TPSA) is 77.4 Å². The summed E-state index contributed by atoms with van der Waals surface area (Å²) in [5.74, 6) is 0.552. The van der Waals surface area contributed by atoms with Crippen molar-refractivity contribution in [2.75, 3.05) is 20.8 Å². The molecular formula is C29H30Cl2N2O5. The predicted molar refractivity (Wildman–Crippen MR) is 146 cm³/mol. The Morgan fingerprint density at radius 2 is 1.66 bits per heavy atom. The predicted octanol–water partition coefficient (Wildman–Crippen LogP) is 5.95. The van der Waals surface area contributed by atoms with E-state index in [-0.39, 0.29) is 18.4 Å². The Bertz CT molecular complexity index is 1290. The van der Waals surface area contributed by atoms with Crippen LogP contribution in [0.2, 0.25) is 0 Å². The van der Waals surface area contributed by atoms with Crippen molar-refractivity contribution in [2.45, 2.75) is 43.0 Å². The van der Waals surface area contributed by atoms with Crippen LogP contribution in [0.5, 0.6) is 11.5 Å². The molecule has 2 aromatic carbocycles. The van der Waals surface area contributed by atoms with Gasteiger partial charge in [-0.3, -0.25) is 9.59 Å². The van der Waals surface area contributed by atoms with E-state index in [1.54, 1.807) is 21.1 Å². The number of ether oxygens (including phenoxy) is 3. The highest BCUT2D eigenvalue weighted by molar-refractivity contribution is 6.53. The Labute approximate surface area is 232 Å². The molecule has 3 aliphatic rings. The van der Waals surface area contributed by atoms with Crippen molar-refractivity contribution in [3.63, 3.8) is 0 Å². The number of hydrogen-bond acceptors (Lipinski definition) is 6. The van der Waals surface area contributed by atoms with Gasteiger partial charge in [0.25, 0.3) is 5.91 Å². The number of esters is 1. The van der Waals surface area contributed by atoms with E-state index in [9.17, 15) is 9.59 Å². The van der Waals surface area contributed by atoms with Crippen LogP contribution in [0, 0.1) is 11.3 Å². The molecule has 0 radical (unpaired) electrons. The summed E-state index contributed by atoms with van der Waals surface area (Å²) in [6.45, 7) is 1.20. The van der Waals surface area contributed by atoms with Gasteiger partial charge in [0, 0.05) is 12.3 Å². The molecule has 9 heteroatoms. The fourth-order valence-electron chi connectivity index (χ4n) is 5.22. The fraction of sp³-hybridized carbons (Fsp3) is 0.414.